The van der Waals surface area contributed by atoms with Crippen molar-refractivity contribution in [2.75, 3.05) is 5.73 Å². The van der Waals surface area contributed by atoms with Crippen molar-refractivity contribution in [1.29, 1.82) is 0 Å². The molecular weight excluding hydrogens is 268 g/mol. The zero-order valence-electron chi connectivity index (χ0n) is 12.4. The Labute approximate surface area is 129 Å². The van der Waals surface area contributed by atoms with E-state index in [1.54, 1.807) is 0 Å². The number of nitrogen functional groups attached to an aromatic ring is 1. The van der Waals surface area contributed by atoms with Gasteiger partial charge in [-0.15, -0.1) is 0 Å². The van der Waals surface area contributed by atoms with Crippen molar-refractivity contribution in [2.45, 2.75) is 6.92 Å². The first kappa shape index (κ1) is 12.8. The molecule has 4 rings (SSSR count). The maximum absolute atomic E-state index is 5.77. The minimum Gasteiger partial charge on any atom is -0.399 e. The van der Waals surface area contributed by atoms with Gasteiger partial charge < -0.3 is 5.73 Å². The molecule has 0 saturated heterocycles. The quantitative estimate of drug-likeness (QED) is 0.397. The Kier molecular flexibility index (Phi) is 2.83. The maximum Gasteiger partial charge on any atom is 0.0718 e. The lowest BCUT2D eigenvalue weighted by atomic mass is 9.99. The summed E-state index contributed by atoms with van der Waals surface area (Å²) in [4.78, 5) is 4.85. The van der Waals surface area contributed by atoms with Crippen LogP contribution in [0.15, 0.2) is 66.7 Å². The molecule has 2 heteroatoms. The molecular formula is C20H16N2. The van der Waals surface area contributed by atoms with Gasteiger partial charge in [0.2, 0.25) is 0 Å². The molecule has 3 aromatic carbocycles. The van der Waals surface area contributed by atoms with Crippen molar-refractivity contribution in [1.82, 2.24) is 4.98 Å². The summed E-state index contributed by atoms with van der Waals surface area (Å²) in [6.07, 6.45) is 0. The number of rotatable bonds is 1. The lowest BCUT2D eigenvalue weighted by Gasteiger charge is -2.10. The van der Waals surface area contributed by atoms with Crippen LogP contribution in [0.25, 0.3) is 32.9 Å². The number of hydrogen-bond donors (Lipinski definition) is 1. The monoisotopic (exact) mass is 284 g/mol. The van der Waals surface area contributed by atoms with E-state index in [2.05, 4.69) is 49.4 Å². The molecule has 0 bridgehead atoms. The van der Waals surface area contributed by atoms with Crippen LogP contribution in [0.4, 0.5) is 5.69 Å². The minimum absolute atomic E-state index is 0.771. The molecule has 0 radical (unpaired) electrons. The zero-order valence-corrected chi connectivity index (χ0v) is 12.4. The molecule has 0 saturated carbocycles. The highest BCUT2D eigenvalue weighted by atomic mass is 14.7. The SMILES string of the molecule is Cc1cc(-c2ccc(N)cc2)nc2ccc3ccccc3c12. The first-order chi connectivity index (χ1) is 10.7. The average molecular weight is 284 g/mol. The second-order valence-electron chi connectivity index (χ2n) is 5.63. The van der Waals surface area contributed by atoms with Gasteiger partial charge in [-0.25, -0.2) is 4.98 Å². The van der Waals surface area contributed by atoms with Crippen LogP contribution in [0.1, 0.15) is 5.56 Å². The van der Waals surface area contributed by atoms with E-state index in [1.807, 2.05) is 24.3 Å². The van der Waals surface area contributed by atoms with Crippen LogP contribution >= 0.6 is 0 Å². The topological polar surface area (TPSA) is 38.9 Å². The molecule has 4 aromatic rings. The lowest BCUT2D eigenvalue weighted by Crippen LogP contribution is -1.91. The van der Waals surface area contributed by atoms with Gasteiger partial charge in [0.1, 0.15) is 0 Å². The first-order valence-electron chi connectivity index (χ1n) is 7.37. The first-order valence-corrected chi connectivity index (χ1v) is 7.37. The van der Waals surface area contributed by atoms with Crippen molar-refractivity contribution < 1.29 is 0 Å². The third-order valence-corrected chi connectivity index (χ3v) is 4.10. The second-order valence-corrected chi connectivity index (χ2v) is 5.63. The Bertz CT molecular complexity index is 986. The van der Waals surface area contributed by atoms with E-state index in [4.69, 9.17) is 10.7 Å². The Morgan fingerprint density at radius 1 is 0.864 bits per heavy atom. The van der Waals surface area contributed by atoms with Crippen LogP contribution in [0.2, 0.25) is 0 Å². The van der Waals surface area contributed by atoms with E-state index in [0.29, 0.717) is 0 Å². The summed E-state index contributed by atoms with van der Waals surface area (Å²) < 4.78 is 0. The summed E-state index contributed by atoms with van der Waals surface area (Å²) in [6.45, 7) is 2.15. The number of aryl methyl sites for hydroxylation is 1. The third-order valence-electron chi connectivity index (χ3n) is 4.10. The van der Waals surface area contributed by atoms with Gasteiger partial charge in [-0.05, 0) is 47.5 Å². The fourth-order valence-electron chi connectivity index (χ4n) is 3.01. The number of anilines is 1. The minimum atomic E-state index is 0.771. The smallest absolute Gasteiger partial charge is 0.0718 e. The highest BCUT2D eigenvalue weighted by Gasteiger charge is 2.08. The molecule has 0 atom stereocenters. The number of nitrogens with zero attached hydrogens (tertiary/aromatic N) is 1. The van der Waals surface area contributed by atoms with Crippen LogP contribution in [-0.2, 0) is 0 Å². The molecule has 1 heterocycles. The van der Waals surface area contributed by atoms with Crippen LogP contribution in [0.5, 0.6) is 0 Å². The molecule has 0 amide bonds. The summed E-state index contributed by atoms with van der Waals surface area (Å²) >= 11 is 0. The standard InChI is InChI=1S/C20H16N2/c1-13-12-19(15-6-9-16(21)10-7-15)22-18-11-8-14-4-2-3-5-17(14)20(13)18/h2-12H,21H2,1H3. The predicted molar refractivity (Wildman–Crippen MR) is 93.8 cm³/mol. The number of fused-ring (bicyclic) bond motifs is 3. The molecule has 2 N–H and O–H groups in total. The van der Waals surface area contributed by atoms with Crippen molar-refractivity contribution in [2.24, 2.45) is 0 Å². The third kappa shape index (κ3) is 2.01. The summed E-state index contributed by atoms with van der Waals surface area (Å²) in [6, 6.07) is 22.7. The van der Waals surface area contributed by atoms with E-state index in [0.717, 1.165) is 22.5 Å². The Morgan fingerprint density at radius 2 is 1.64 bits per heavy atom. The van der Waals surface area contributed by atoms with E-state index in [1.165, 1.54) is 21.7 Å². The molecule has 1 aromatic heterocycles. The molecule has 0 fully saturated rings. The number of aromatic nitrogens is 1. The maximum atomic E-state index is 5.77. The summed E-state index contributed by atoms with van der Waals surface area (Å²) in [5.41, 5.74) is 10.9. The van der Waals surface area contributed by atoms with Gasteiger partial charge in [-0.1, -0.05) is 42.5 Å². The van der Waals surface area contributed by atoms with E-state index < -0.39 is 0 Å². The summed E-state index contributed by atoms with van der Waals surface area (Å²) in [5, 5.41) is 3.74. The van der Waals surface area contributed by atoms with Crippen molar-refractivity contribution in [3.8, 4) is 11.3 Å². The zero-order chi connectivity index (χ0) is 15.1. The van der Waals surface area contributed by atoms with Crippen LogP contribution < -0.4 is 5.73 Å². The second kappa shape index (κ2) is 4.85. The molecule has 2 nitrogen and oxygen atoms in total. The van der Waals surface area contributed by atoms with E-state index in [9.17, 15) is 0 Å². The van der Waals surface area contributed by atoms with Crippen molar-refractivity contribution in [3.05, 3.63) is 72.3 Å². The normalized spacial score (nSPS) is 11.1. The average Bonchev–Trinajstić information content (AvgIpc) is 2.55. The highest BCUT2D eigenvalue weighted by molar-refractivity contribution is 6.08. The van der Waals surface area contributed by atoms with Gasteiger partial charge in [0.25, 0.3) is 0 Å². The number of hydrogen-bond acceptors (Lipinski definition) is 2. The lowest BCUT2D eigenvalue weighted by molar-refractivity contribution is 1.37. The van der Waals surface area contributed by atoms with Gasteiger partial charge in [0, 0.05) is 16.6 Å². The van der Waals surface area contributed by atoms with Gasteiger partial charge in [0.05, 0.1) is 11.2 Å². The Morgan fingerprint density at radius 3 is 2.45 bits per heavy atom. The van der Waals surface area contributed by atoms with E-state index in [-0.39, 0.29) is 0 Å². The fourth-order valence-corrected chi connectivity index (χ4v) is 3.01. The predicted octanol–water partition coefficient (Wildman–Crippen LogP) is 4.95. The van der Waals surface area contributed by atoms with Crippen LogP contribution in [0.3, 0.4) is 0 Å². The number of pyridine rings is 1. The van der Waals surface area contributed by atoms with E-state index >= 15 is 0 Å². The Hall–Kier alpha value is -2.87. The largest absolute Gasteiger partial charge is 0.399 e. The molecule has 0 unspecified atom stereocenters. The fraction of sp³-hybridized carbons (Fsp3) is 0.0500. The van der Waals surface area contributed by atoms with Gasteiger partial charge >= 0.3 is 0 Å². The summed E-state index contributed by atoms with van der Waals surface area (Å²) in [7, 11) is 0. The van der Waals surface area contributed by atoms with Crippen LogP contribution in [-0.4, -0.2) is 4.98 Å². The molecule has 0 aliphatic heterocycles. The molecule has 0 spiro atoms. The van der Waals surface area contributed by atoms with Crippen molar-refractivity contribution in [3.63, 3.8) is 0 Å². The highest BCUT2D eigenvalue weighted by Crippen LogP contribution is 2.30. The molecule has 22 heavy (non-hydrogen) atoms. The molecule has 0 aliphatic carbocycles. The van der Waals surface area contributed by atoms with Gasteiger partial charge in [0.15, 0.2) is 0 Å². The van der Waals surface area contributed by atoms with Crippen molar-refractivity contribution >= 4 is 27.4 Å². The summed E-state index contributed by atoms with van der Waals surface area (Å²) in [5.74, 6) is 0. The molecule has 0 aliphatic rings. The molecule has 106 valence electrons. The number of nitrogens with two attached hydrogens (primary N) is 1. The van der Waals surface area contributed by atoms with Gasteiger partial charge in [-0.2, -0.15) is 0 Å². The Balaban J connectivity index is 2.01. The number of benzene rings is 3. The van der Waals surface area contributed by atoms with Gasteiger partial charge in [-0.3, -0.25) is 0 Å². The van der Waals surface area contributed by atoms with Crippen LogP contribution in [0, 0.1) is 6.92 Å².